The molecule has 0 spiro atoms. The molecule has 17 heavy (non-hydrogen) atoms. The van der Waals surface area contributed by atoms with Crippen LogP contribution in [0.5, 0.6) is 5.75 Å². The van der Waals surface area contributed by atoms with Gasteiger partial charge < -0.3 is 15.8 Å². The van der Waals surface area contributed by atoms with Gasteiger partial charge in [-0.2, -0.15) is 0 Å². The highest BCUT2D eigenvalue weighted by molar-refractivity contribution is 5.93. The van der Waals surface area contributed by atoms with E-state index in [1.807, 2.05) is 13.8 Å². The molecule has 0 saturated carbocycles. The average molecular weight is 235 g/mol. The third kappa shape index (κ3) is 4.14. The number of amidine groups is 1. The number of hydrogen-bond acceptors (Lipinski definition) is 3. The summed E-state index contributed by atoms with van der Waals surface area (Å²) < 4.78 is 5.31. The summed E-state index contributed by atoms with van der Waals surface area (Å²) in [4.78, 5) is 11.6. The van der Waals surface area contributed by atoms with Gasteiger partial charge in [0.2, 0.25) is 5.91 Å². The van der Waals surface area contributed by atoms with Crippen molar-refractivity contribution in [1.29, 1.82) is 5.41 Å². The number of nitrogens with one attached hydrogen (secondary N) is 2. The van der Waals surface area contributed by atoms with E-state index in [9.17, 15) is 4.79 Å². The van der Waals surface area contributed by atoms with Gasteiger partial charge in [0.25, 0.3) is 0 Å². The molecule has 0 saturated heterocycles. The van der Waals surface area contributed by atoms with E-state index in [0.717, 1.165) is 0 Å². The highest BCUT2D eigenvalue weighted by Crippen LogP contribution is 2.24. The quantitative estimate of drug-likeness (QED) is 0.535. The topological polar surface area (TPSA) is 88.2 Å². The number of anilines is 1. The van der Waals surface area contributed by atoms with Gasteiger partial charge in [-0.15, -0.1) is 0 Å². The maximum Gasteiger partial charge on any atom is 0.227 e. The number of carbonyl (C=O) groups excluding carboxylic acids is 1. The molecule has 92 valence electrons. The molecule has 0 radical (unpaired) electrons. The predicted molar refractivity (Wildman–Crippen MR) is 67.3 cm³/mol. The van der Waals surface area contributed by atoms with Gasteiger partial charge in [0.1, 0.15) is 18.2 Å². The Morgan fingerprint density at radius 1 is 1.47 bits per heavy atom. The third-order valence-electron chi connectivity index (χ3n) is 2.05. The van der Waals surface area contributed by atoms with E-state index in [4.69, 9.17) is 15.9 Å². The Labute approximate surface area is 100 Å². The molecule has 1 rings (SSSR count). The Balaban J connectivity index is 2.77. The van der Waals surface area contributed by atoms with Gasteiger partial charge in [0.15, 0.2) is 0 Å². The summed E-state index contributed by atoms with van der Waals surface area (Å²) in [6.07, 6.45) is 0. The van der Waals surface area contributed by atoms with Crippen molar-refractivity contribution in [3.63, 3.8) is 0 Å². The van der Waals surface area contributed by atoms with Gasteiger partial charge in [-0.1, -0.05) is 26.0 Å². The molecule has 0 atom stereocenters. The second-order valence-electron chi connectivity index (χ2n) is 3.95. The molecule has 5 nitrogen and oxygen atoms in total. The summed E-state index contributed by atoms with van der Waals surface area (Å²) in [5, 5.41) is 9.85. The van der Waals surface area contributed by atoms with Crippen LogP contribution < -0.4 is 15.8 Å². The molecule has 0 bridgehead atoms. The Hall–Kier alpha value is -2.04. The van der Waals surface area contributed by atoms with Crippen molar-refractivity contribution >= 4 is 17.4 Å². The minimum absolute atomic E-state index is 0.00849. The second kappa shape index (κ2) is 5.89. The molecule has 0 aromatic heterocycles. The van der Waals surface area contributed by atoms with Crippen molar-refractivity contribution in [3.05, 3.63) is 24.3 Å². The first-order valence-corrected chi connectivity index (χ1v) is 5.36. The summed E-state index contributed by atoms with van der Waals surface area (Å²) >= 11 is 0. The summed E-state index contributed by atoms with van der Waals surface area (Å²) in [6, 6.07) is 7.06. The monoisotopic (exact) mass is 235 g/mol. The van der Waals surface area contributed by atoms with Crippen molar-refractivity contribution < 1.29 is 9.53 Å². The number of nitrogens with two attached hydrogens (primary N) is 1. The summed E-state index contributed by atoms with van der Waals surface area (Å²) in [7, 11) is 0. The molecule has 0 fully saturated rings. The van der Waals surface area contributed by atoms with Crippen molar-refractivity contribution in [3.8, 4) is 5.75 Å². The van der Waals surface area contributed by atoms with Crippen LogP contribution in [0.2, 0.25) is 0 Å². The predicted octanol–water partition coefficient (Wildman–Crippen LogP) is 1.60. The van der Waals surface area contributed by atoms with Crippen LogP contribution in [0, 0.1) is 11.3 Å². The standard InChI is InChI=1S/C12H17N3O2/c1-8(2)12(16)15-9-5-3-4-6-10(9)17-7-11(13)14/h3-6,8H,7H2,1-2H3,(H3,13,14)(H,15,16). The van der Waals surface area contributed by atoms with E-state index in [0.29, 0.717) is 11.4 Å². The van der Waals surface area contributed by atoms with Crippen LogP contribution in [0.3, 0.4) is 0 Å². The van der Waals surface area contributed by atoms with Gasteiger partial charge in [-0.05, 0) is 12.1 Å². The lowest BCUT2D eigenvalue weighted by atomic mass is 10.2. The van der Waals surface area contributed by atoms with Gasteiger partial charge in [-0.3, -0.25) is 10.2 Å². The molecule has 0 heterocycles. The van der Waals surface area contributed by atoms with Crippen molar-refractivity contribution in [2.45, 2.75) is 13.8 Å². The lowest BCUT2D eigenvalue weighted by molar-refractivity contribution is -0.118. The molecule has 0 unspecified atom stereocenters. The van der Waals surface area contributed by atoms with Crippen LogP contribution in [0.4, 0.5) is 5.69 Å². The second-order valence-corrected chi connectivity index (χ2v) is 3.95. The first-order chi connectivity index (χ1) is 8.00. The minimum atomic E-state index is -0.101. The summed E-state index contributed by atoms with van der Waals surface area (Å²) in [5.74, 6) is 0.270. The molecule has 0 aliphatic heterocycles. The maximum atomic E-state index is 11.6. The van der Waals surface area contributed by atoms with Crippen molar-refractivity contribution in [2.24, 2.45) is 11.7 Å². The highest BCUT2D eigenvalue weighted by atomic mass is 16.5. The molecular weight excluding hydrogens is 218 g/mol. The van der Waals surface area contributed by atoms with E-state index >= 15 is 0 Å². The van der Waals surface area contributed by atoms with E-state index in [-0.39, 0.29) is 24.3 Å². The van der Waals surface area contributed by atoms with Crippen LogP contribution in [0.25, 0.3) is 0 Å². The van der Waals surface area contributed by atoms with Crippen LogP contribution in [-0.4, -0.2) is 18.3 Å². The SMILES string of the molecule is CC(C)C(=O)Nc1ccccc1OCC(=N)N. The number of rotatable bonds is 5. The van der Waals surface area contributed by atoms with E-state index in [1.165, 1.54) is 0 Å². The number of ether oxygens (including phenoxy) is 1. The fourth-order valence-corrected chi connectivity index (χ4v) is 1.13. The Morgan fingerprint density at radius 2 is 2.12 bits per heavy atom. The number of carbonyl (C=O) groups is 1. The number of hydrogen-bond donors (Lipinski definition) is 3. The Bertz CT molecular complexity index is 416. The van der Waals surface area contributed by atoms with Gasteiger partial charge in [0.05, 0.1) is 5.69 Å². The van der Waals surface area contributed by atoms with Crippen molar-refractivity contribution in [2.75, 3.05) is 11.9 Å². The molecule has 1 aromatic rings. The van der Waals surface area contributed by atoms with E-state index < -0.39 is 0 Å². The zero-order valence-corrected chi connectivity index (χ0v) is 9.99. The third-order valence-corrected chi connectivity index (χ3v) is 2.05. The van der Waals surface area contributed by atoms with Crippen LogP contribution in [-0.2, 0) is 4.79 Å². The number of para-hydroxylation sites is 2. The average Bonchev–Trinajstić information content (AvgIpc) is 2.27. The molecule has 1 aromatic carbocycles. The highest BCUT2D eigenvalue weighted by Gasteiger charge is 2.10. The van der Waals surface area contributed by atoms with Crippen LogP contribution in [0.1, 0.15) is 13.8 Å². The zero-order valence-electron chi connectivity index (χ0n) is 9.99. The Morgan fingerprint density at radius 3 is 2.71 bits per heavy atom. The molecule has 0 aliphatic rings. The lowest BCUT2D eigenvalue weighted by Gasteiger charge is -2.13. The van der Waals surface area contributed by atoms with E-state index in [1.54, 1.807) is 24.3 Å². The largest absolute Gasteiger partial charge is 0.484 e. The normalized spacial score (nSPS) is 10.1. The Kier molecular flexibility index (Phi) is 4.51. The summed E-state index contributed by atoms with van der Waals surface area (Å²) in [6.45, 7) is 3.64. The first kappa shape index (κ1) is 13.0. The van der Waals surface area contributed by atoms with Crippen LogP contribution >= 0.6 is 0 Å². The number of amides is 1. The maximum absolute atomic E-state index is 11.6. The zero-order chi connectivity index (χ0) is 12.8. The fraction of sp³-hybridized carbons (Fsp3) is 0.333. The summed E-state index contributed by atoms with van der Waals surface area (Å²) in [5.41, 5.74) is 5.80. The number of benzene rings is 1. The lowest BCUT2D eigenvalue weighted by Crippen LogP contribution is -2.21. The first-order valence-electron chi connectivity index (χ1n) is 5.36. The molecule has 0 aliphatic carbocycles. The smallest absolute Gasteiger partial charge is 0.227 e. The van der Waals surface area contributed by atoms with Gasteiger partial charge >= 0.3 is 0 Å². The van der Waals surface area contributed by atoms with Gasteiger partial charge in [-0.25, -0.2) is 0 Å². The van der Waals surface area contributed by atoms with Crippen molar-refractivity contribution in [1.82, 2.24) is 0 Å². The molecular formula is C12H17N3O2. The molecule has 5 heteroatoms. The molecule has 4 N–H and O–H groups in total. The molecule has 1 amide bonds. The fourth-order valence-electron chi connectivity index (χ4n) is 1.13. The van der Waals surface area contributed by atoms with E-state index in [2.05, 4.69) is 5.32 Å². The van der Waals surface area contributed by atoms with Gasteiger partial charge in [0, 0.05) is 5.92 Å². The van der Waals surface area contributed by atoms with Crippen LogP contribution in [0.15, 0.2) is 24.3 Å². The minimum Gasteiger partial charge on any atom is -0.484 e.